The van der Waals surface area contributed by atoms with Crippen LogP contribution in [0.4, 0.5) is 0 Å². The summed E-state index contributed by atoms with van der Waals surface area (Å²) in [5.74, 6) is 0. The molecule has 0 spiro atoms. The van der Waals surface area contributed by atoms with E-state index in [4.69, 9.17) is 4.43 Å². The monoisotopic (exact) mass is 174 g/mol. The van der Waals surface area contributed by atoms with Crippen molar-refractivity contribution in [3.63, 3.8) is 0 Å². The number of hydrogen-bond acceptors (Lipinski definition) is 2. The molecule has 0 aromatic carbocycles. The first-order valence-corrected chi connectivity index (χ1v) is 5.16. The fourth-order valence-corrected chi connectivity index (χ4v) is 1.31. The van der Waals surface area contributed by atoms with Crippen LogP contribution in [-0.2, 0) is 9.22 Å². The molecule has 0 N–H and O–H groups in total. The normalized spacial score (nSPS) is 14.3. The van der Waals surface area contributed by atoms with Crippen LogP contribution in [0.5, 0.6) is 0 Å². The summed E-state index contributed by atoms with van der Waals surface area (Å²) < 4.78 is 5.51. The van der Waals surface area contributed by atoms with Crippen molar-refractivity contribution in [2.75, 3.05) is 0 Å². The first-order chi connectivity index (χ1) is 4.77. The van der Waals surface area contributed by atoms with Crippen LogP contribution in [0.15, 0.2) is 0 Å². The molecular formula is C8H18O2Si. The third kappa shape index (κ3) is 6.25. The van der Waals surface area contributed by atoms with Crippen molar-refractivity contribution in [1.82, 2.24) is 0 Å². The van der Waals surface area contributed by atoms with Gasteiger partial charge < -0.3 is 9.22 Å². The highest BCUT2D eigenvalue weighted by Gasteiger charge is 2.21. The zero-order valence-electron chi connectivity index (χ0n) is 8.10. The first-order valence-electron chi connectivity index (χ1n) is 3.87. The Bertz CT molecular complexity index is 136. The van der Waals surface area contributed by atoms with Gasteiger partial charge in [-0.3, -0.25) is 0 Å². The van der Waals surface area contributed by atoms with E-state index in [1.165, 1.54) is 0 Å². The van der Waals surface area contributed by atoms with Gasteiger partial charge in [0.1, 0.15) is 11.9 Å². The maximum Gasteiger partial charge on any atom is 0.168 e. The van der Waals surface area contributed by atoms with Gasteiger partial charge in [0.25, 0.3) is 0 Å². The van der Waals surface area contributed by atoms with Crippen molar-refractivity contribution in [3.8, 4) is 0 Å². The van der Waals surface area contributed by atoms with E-state index in [2.05, 4.69) is 20.8 Å². The number of hydrogen-bond donors (Lipinski definition) is 0. The molecule has 2 nitrogen and oxygen atoms in total. The molecule has 0 saturated heterocycles. The summed E-state index contributed by atoms with van der Waals surface area (Å²) in [6, 6.07) is 0. The highest BCUT2D eigenvalue weighted by molar-refractivity contribution is 6.32. The van der Waals surface area contributed by atoms with Crippen molar-refractivity contribution < 1.29 is 9.22 Å². The van der Waals surface area contributed by atoms with Gasteiger partial charge in [-0.1, -0.05) is 20.8 Å². The third-order valence-electron chi connectivity index (χ3n) is 1.16. The van der Waals surface area contributed by atoms with E-state index in [0.29, 0.717) is 0 Å². The minimum Gasteiger partial charge on any atom is -0.412 e. The topological polar surface area (TPSA) is 26.3 Å². The van der Waals surface area contributed by atoms with Crippen LogP contribution >= 0.6 is 0 Å². The fourth-order valence-electron chi connectivity index (χ4n) is 0.437. The molecule has 0 radical (unpaired) electrons. The molecular weight excluding hydrogens is 156 g/mol. The fraction of sp³-hybridized carbons (Fsp3) is 0.875. The summed E-state index contributed by atoms with van der Waals surface area (Å²) >= 11 is 0. The van der Waals surface area contributed by atoms with Crippen LogP contribution < -0.4 is 0 Å². The Balaban J connectivity index is 3.79. The maximum atomic E-state index is 10.4. The molecule has 0 heterocycles. The maximum absolute atomic E-state index is 10.4. The minimum atomic E-state index is -0.597. The molecule has 0 aliphatic heterocycles. The molecule has 0 aliphatic carbocycles. The van der Waals surface area contributed by atoms with Gasteiger partial charge in [-0.25, -0.2) is 0 Å². The molecule has 0 saturated carbocycles. The van der Waals surface area contributed by atoms with Crippen LogP contribution in [0.2, 0.25) is 5.04 Å². The quantitative estimate of drug-likeness (QED) is 0.476. The van der Waals surface area contributed by atoms with Gasteiger partial charge in [-0.15, -0.1) is 0 Å². The number of carbonyl (C=O) groups excluding carboxylic acids is 1. The SMILES string of the molecule is CC(C)(C=O)O[SiH2]C(C)(C)C. The predicted octanol–water partition coefficient (Wildman–Crippen LogP) is 1.28. The summed E-state index contributed by atoms with van der Waals surface area (Å²) in [4.78, 5) is 10.4. The molecule has 3 heteroatoms. The van der Waals surface area contributed by atoms with Crippen molar-refractivity contribution >= 4 is 16.0 Å². The zero-order chi connectivity index (χ0) is 9.12. The van der Waals surface area contributed by atoms with Crippen LogP contribution in [0.3, 0.4) is 0 Å². The van der Waals surface area contributed by atoms with E-state index < -0.39 is 15.4 Å². The third-order valence-corrected chi connectivity index (χ3v) is 2.92. The van der Waals surface area contributed by atoms with Gasteiger partial charge in [0.05, 0.1) is 0 Å². The molecule has 0 rings (SSSR count). The molecule has 0 aromatic rings. The van der Waals surface area contributed by atoms with Crippen molar-refractivity contribution in [2.45, 2.75) is 45.3 Å². The average Bonchev–Trinajstić information content (AvgIpc) is 1.83. The highest BCUT2D eigenvalue weighted by Crippen LogP contribution is 2.22. The molecule has 0 aromatic heterocycles. The van der Waals surface area contributed by atoms with Crippen molar-refractivity contribution in [1.29, 1.82) is 0 Å². The van der Waals surface area contributed by atoms with E-state index in [1.807, 2.05) is 0 Å². The van der Waals surface area contributed by atoms with Gasteiger partial charge in [0.15, 0.2) is 9.76 Å². The Morgan fingerprint density at radius 1 is 1.18 bits per heavy atom. The molecule has 0 fully saturated rings. The second-order valence-electron chi connectivity index (χ2n) is 4.57. The Labute approximate surface area is 71.3 Å². The van der Waals surface area contributed by atoms with Gasteiger partial charge in [0, 0.05) is 0 Å². The molecule has 0 amide bonds. The van der Waals surface area contributed by atoms with Crippen LogP contribution in [0, 0.1) is 0 Å². The molecule has 66 valence electrons. The van der Waals surface area contributed by atoms with Gasteiger partial charge in [-0.05, 0) is 18.9 Å². The summed E-state index contributed by atoms with van der Waals surface area (Å²) in [7, 11) is -0.597. The lowest BCUT2D eigenvalue weighted by Crippen LogP contribution is -2.31. The van der Waals surface area contributed by atoms with Crippen molar-refractivity contribution in [2.24, 2.45) is 0 Å². The lowest BCUT2D eigenvalue weighted by Gasteiger charge is -2.24. The second-order valence-corrected chi connectivity index (χ2v) is 7.27. The van der Waals surface area contributed by atoms with Crippen molar-refractivity contribution in [3.05, 3.63) is 0 Å². The lowest BCUT2D eigenvalue weighted by molar-refractivity contribution is -0.119. The lowest BCUT2D eigenvalue weighted by atomic mass is 10.2. The summed E-state index contributed by atoms with van der Waals surface area (Å²) in [5, 5.41) is 0.264. The molecule has 0 atom stereocenters. The summed E-state index contributed by atoms with van der Waals surface area (Å²) in [5.41, 5.74) is -0.570. The van der Waals surface area contributed by atoms with E-state index in [0.717, 1.165) is 6.29 Å². The Kier molecular flexibility index (Phi) is 3.45. The second kappa shape index (κ2) is 3.50. The minimum absolute atomic E-state index is 0.264. The Hall–Kier alpha value is -0.153. The average molecular weight is 174 g/mol. The molecule has 0 unspecified atom stereocenters. The summed E-state index contributed by atoms with van der Waals surface area (Å²) in [6.07, 6.45) is 0.867. The van der Waals surface area contributed by atoms with E-state index in [9.17, 15) is 4.79 Å². The summed E-state index contributed by atoms with van der Waals surface area (Å²) in [6.45, 7) is 10.0. The molecule has 0 aliphatic rings. The number of carbonyl (C=O) groups is 1. The number of aldehydes is 1. The van der Waals surface area contributed by atoms with Gasteiger partial charge in [0.2, 0.25) is 0 Å². The van der Waals surface area contributed by atoms with E-state index >= 15 is 0 Å². The zero-order valence-corrected chi connectivity index (χ0v) is 9.52. The molecule has 0 bridgehead atoms. The largest absolute Gasteiger partial charge is 0.412 e. The van der Waals surface area contributed by atoms with E-state index in [1.54, 1.807) is 13.8 Å². The molecule has 11 heavy (non-hydrogen) atoms. The predicted molar refractivity (Wildman–Crippen MR) is 49.5 cm³/mol. The van der Waals surface area contributed by atoms with Gasteiger partial charge >= 0.3 is 0 Å². The van der Waals surface area contributed by atoms with Crippen LogP contribution in [0.1, 0.15) is 34.6 Å². The van der Waals surface area contributed by atoms with Gasteiger partial charge in [-0.2, -0.15) is 0 Å². The highest BCUT2D eigenvalue weighted by atomic mass is 28.2. The Morgan fingerprint density at radius 3 is 1.91 bits per heavy atom. The smallest absolute Gasteiger partial charge is 0.168 e. The van der Waals surface area contributed by atoms with Crippen LogP contribution in [-0.4, -0.2) is 21.7 Å². The Morgan fingerprint density at radius 2 is 1.64 bits per heavy atom. The number of rotatable bonds is 3. The standard InChI is InChI=1S/C8H18O2Si/c1-7(2,3)11-10-8(4,5)6-9/h6H,11H2,1-5H3. The van der Waals surface area contributed by atoms with Crippen LogP contribution in [0.25, 0.3) is 0 Å². The van der Waals surface area contributed by atoms with E-state index in [-0.39, 0.29) is 5.04 Å². The first kappa shape index (κ1) is 10.8.